The van der Waals surface area contributed by atoms with Crippen LogP contribution in [0.5, 0.6) is 0 Å². The molecule has 8 heteroatoms. The van der Waals surface area contributed by atoms with Crippen molar-refractivity contribution < 1.29 is 23.6 Å². The zero-order valence-corrected chi connectivity index (χ0v) is 15.4. The zero-order chi connectivity index (χ0) is 19.0. The third kappa shape index (κ3) is 3.39. The van der Waals surface area contributed by atoms with Gasteiger partial charge in [-0.2, -0.15) is 0 Å². The van der Waals surface area contributed by atoms with Gasteiger partial charge in [0.1, 0.15) is 0 Å². The van der Waals surface area contributed by atoms with Crippen LogP contribution in [-0.2, 0) is 11.3 Å². The summed E-state index contributed by atoms with van der Waals surface area (Å²) in [5, 5.41) is 16.5. The lowest BCUT2D eigenvalue weighted by Gasteiger charge is -2.37. The minimum absolute atomic E-state index is 0.0116. The van der Waals surface area contributed by atoms with E-state index in [0.717, 1.165) is 0 Å². The lowest BCUT2D eigenvalue weighted by Crippen LogP contribution is -2.46. The Morgan fingerprint density at radius 1 is 1.42 bits per heavy atom. The highest BCUT2D eigenvalue weighted by Crippen LogP contribution is 2.35. The van der Waals surface area contributed by atoms with Crippen molar-refractivity contribution in [2.24, 2.45) is 0 Å². The van der Waals surface area contributed by atoms with Crippen LogP contribution in [0.15, 0.2) is 10.6 Å². The Labute approximate surface area is 151 Å². The Kier molecular flexibility index (Phi) is 5.15. The van der Waals surface area contributed by atoms with Gasteiger partial charge in [-0.3, -0.25) is 4.79 Å². The molecule has 0 aliphatic carbocycles. The highest BCUT2D eigenvalue weighted by atomic mass is 19.1. The number of aliphatic hydroxyl groups is 1. The molecule has 0 spiro atoms. The molecule has 7 nitrogen and oxygen atoms in total. The number of morpholine rings is 1. The highest BCUT2D eigenvalue weighted by molar-refractivity contribution is 6.05. The second-order valence-electron chi connectivity index (χ2n) is 7.05. The Bertz CT molecular complexity index is 810. The van der Waals surface area contributed by atoms with Crippen LogP contribution in [0.3, 0.4) is 0 Å². The molecular formula is C18H24FN3O4. The van der Waals surface area contributed by atoms with Crippen LogP contribution >= 0.6 is 0 Å². The van der Waals surface area contributed by atoms with Gasteiger partial charge >= 0.3 is 0 Å². The number of rotatable bonds is 4. The maximum Gasteiger partial charge on any atom is 0.274 e. The van der Waals surface area contributed by atoms with Crippen molar-refractivity contribution >= 4 is 22.6 Å². The third-order valence-electron chi connectivity index (χ3n) is 4.30. The van der Waals surface area contributed by atoms with E-state index >= 15 is 4.39 Å². The summed E-state index contributed by atoms with van der Waals surface area (Å²) in [5.41, 5.74) is 0.586. The van der Waals surface area contributed by atoms with E-state index in [0.29, 0.717) is 18.7 Å². The summed E-state index contributed by atoms with van der Waals surface area (Å²) in [7, 11) is 0. The number of aliphatic hydroxyl groups excluding tert-OH is 1. The molecule has 1 amide bonds. The van der Waals surface area contributed by atoms with Crippen molar-refractivity contribution in [3.8, 4) is 0 Å². The molecule has 26 heavy (non-hydrogen) atoms. The van der Waals surface area contributed by atoms with Gasteiger partial charge in [0.05, 0.1) is 29.9 Å². The topological polar surface area (TPSA) is 87.8 Å². The maximum atomic E-state index is 15.2. The lowest BCUT2D eigenvalue weighted by molar-refractivity contribution is -0.00550. The molecule has 2 heterocycles. The number of benzene rings is 1. The highest BCUT2D eigenvalue weighted by Gasteiger charge is 2.30. The van der Waals surface area contributed by atoms with Crippen LogP contribution in [0.4, 0.5) is 10.1 Å². The molecule has 0 radical (unpaired) electrons. The molecule has 1 aromatic heterocycles. The number of hydrogen-bond donors (Lipinski definition) is 2. The smallest absolute Gasteiger partial charge is 0.274 e. The van der Waals surface area contributed by atoms with Gasteiger partial charge in [-0.1, -0.05) is 5.16 Å². The monoisotopic (exact) mass is 365 g/mol. The van der Waals surface area contributed by atoms with E-state index in [1.807, 2.05) is 32.6 Å². The summed E-state index contributed by atoms with van der Waals surface area (Å²) >= 11 is 0. The van der Waals surface area contributed by atoms with Gasteiger partial charge < -0.3 is 24.6 Å². The SMILES string of the molecule is CC(C)NC(=O)c1noc2c(F)c(N3C[C@@H](C)O[C@@H](C)C3)c(CO)cc12. The number of anilines is 1. The molecule has 1 aliphatic heterocycles. The van der Waals surface area contributed by atoms with Gasteiger partial charge in [0.15, 0.2) is 11.5 Å². The first-order valence-corrected chi connectivity index (χ1v) is 8.74. The summed E-state index contributed by atoms with van der Waals surface area (Å²) in [6.07, 6.45) is -0.134. The molecule has 0 bridgehead atoms. The Morgan fingerprint density at radius 2 is 2.08 bits per heavy atom. The number of fused-ring (bicyclic) bond motifs is 1. The number of nitrogens with one attached hydrogen (secondary N) is 1. The number of nitrogens with zero attached hydrogens (tertiary/aromatic N) is 2. The van der Waals surface area contributed by atoms with E-state index in [1.54, 1.807) is 6.07 Å². The molecule has 1 aliphatic rings. The number of carbonyl (C=O) groups is 1. The second-order valence-corrected chi connectivity index (χ2v) is 7.05. The van der Waals surface area contributed by atoms with Crippen LogP contribution in [0.1, 0.15) is 43.7 Å². The number of aromatic nitrogens is 1. The van der Waals surface area contributed by atoms with Gasteiger partial charge in [0.25, 0.3) is 5.91 Å². The summed E-state index contributed by atoms with van der Waals surface area (Å²) < 4.78 is 26.1. The van der Waals surface area contributed by atoms with E-state index in [9.17, 15) is 9.90 Å². The van der Waals surface area contributed by atoms with Crippen molar-refractivity contribution in [1.29, 1.82) is 0 Å². The number of carbonyl (C=O) groups excluding carboxylic acids is 1. The summed E-state index contributed by atoms with van der Waals surface area (Å²) in [6, 6.07) is 1.48. The molecule has 142 valence electrons. The van der Waals surface area contributed by atoms with Gasteiger partial charge in [0, 0.05) is 24.7 Å². The summed E-state index contributed by atoms with van der Waals surface area (Å²) in [4.78, 5) is 14.1. The first-order chi connectivity index (χ1) is 12.3. The lowest BCUT2D eigenvalue weighted by atomic mass is 10.0. The fourth-order valence-corrected chi connectivity index (χ4v) is 3.40. The predicted molar refractivity (Wildman–Crippen MR) is 94.7 cm³/mol. The average Bonchev–Trinajstić information content (AvgIpc) is 2.97. The number of ether oxygens (including phenoxy) is 1. The molecule has 0 unspecified atom stereocenters. The third-order valence-corrected chi connectivity index (χ3v) is 4.30. The minimum Gasteiger partial charge on any atom is -0.392 e. The molecule has 2 atom stereocenters. The molecule has 1 aromatic carbocycles. The fourth-order valence-electron chi connectivity index (χ4n) is 3.40. The first kappa shape index (κ1) is 18.6. The standard InChI is InChI=1S/C18H24FN3O4/c1-9(2)20-18(24)15-13-5-12(8-23)16(14(19)17(13)26-21-15)22-6-10(3)25-11(4)7-22/h5,9-11,23H,6-8H2,1-4H3,(H,20,24)/t10-,11+. The Balaban J connectivity index is 2.09. The molecule has 2 N–H and O–H groups in total. The summed E-state index contributed by atoms with van der Waals surface area (Å²) in [5.74, 6) is -1.06. The Morgan fingerprint density at radius 3 is 2.65 bits per heavy atom. The first-order valence-electron chi connectivity index (χ1n) is 8.74. The quantitative estimate of drug-likeness (QED) is 0.864. The van der Waals surface area contributed by atoms with E-state index in [2.05, 4.69) is 10.5 Å². The van der Waals surface area contributed by atoms with Gasteiger partial charge in [-0.25, -0.2) is 4.39 Å². The molecular weight excluding hydrogens is 341 g/mol. The summed E-state index contributed by atoms with van der Waals surface area (Å²) in [6.45, 7) is 8.10. The van der Waals surface area contributed by atoms with E-state index in [4.69, 9.17) is 9.26 Å². The van der Waals surface area contributed by atoms with E-state index in [-0.39, 0.29) is 47.2 Å². The van der Waals surface area contributed by atoms with Crippen molar-refractivity contribution in [2.45, 2.75) is 52.6 Å². The van der Waals surface area contributed by atoms with Crippen LogP contribution < -0.4 is 10.2 Å². The van der Waals surface area contributed by atoms with E-state index < -0.39 is 11.7 Å². The second kappa shape index (κ2) is 7.20. The minimum atomic E-state index is -0.621. The van der Waals surface area contributed by atoms with Crippen molar-refractivity contribution in [3.05, 3.63) is 23.1 Å². The normalized spacial score (nSPS) is 20.8. The molecule has 1 saturated heterocycles. The predicted octanol–water partition coefficient (Wildman–Crippen LogP) is 2.21. The van der Waals surface area contributed by atoms with Crippen LogP contribution in [0, 0.1) is 5.82 Å². The molecule has 2 aromatic rings. The Hall–Kier alpha value is -2.19. The van der Waals surface area contributed by atoms with Gasteiger partial charge in [-0.05, 0) is 33.8 Å². The molecule has 3 rings (SSSR count). The average molecular weight is 365 g/mol. The van der Waals surface area contributed by atoms with Crippen molar-refractivity contribution in [3.63, 3.8) is 0 Å². The fraction of sp³-hybridized carbons (Fsp3) is 0.556. The van der Waals surface area contributed by atoms with Crippen LogP contribution in [0.25, 0.3) is 11.0 Å². The van der Waals surface area contributed by atoms with Gasteiger partial charge in [0.2, 0.25) is 5.58 Å². The van der Waals surface area contributed by atoms with Crippen molar-refractivity contribution in [1.82, 2.24) is 10.5 Å². The number of halogens is 1. The van der Waals surface area contributed by atoms with E-state index in [1.165, 1.54) is 0 Å². The van der Waals surface area contributed by atoms with Crippen LogP contribution in [-0.4, -0.2) is 47.5 Å². The molecule has 0 saturated carbocycles. The molecule has 1 fully saturated rings. The number of amides is 1. The largest absolute Gasteiger partial charge is 0.392 e. The van der Waals surface area contributed by atoms with Crippen molar-refractivity contribution in [2.75, 3.05) is 18.0 Å². The number of hydrogen-bond acceptors (Lipinski definition) is 6. The van der Waals surface area contributed by atoms with Crippen LogP contribution in [0.2, 0.25) is 0 Å². The maximum absolute atomic E-state index is 15.2. The zero-order valence-electron chi connectivity index (χ0n) is 15.4. The van der Waals surface area contributed by atoms with Gasteiger partial charge in [-0.15, -0.1) is 0 Å².